The van der Waals surface area contributed by atoms with Gasteiger partial charge in [-0.3, -0.25) is 4.90 Å². The lowest BCUT2D eigenvalue weighted by Gasteiger charge is -2.35. The Kier molecular flexibility index (Phi) is 5.22. The maximum atomic E-state index is 5.88. The molecule has 1 unspecified atom stereocenters. The van der Waals surface area contributed by atoms with Crippen molar-refractivity contribution in [2.75, 3.05) is 20.1 Å². The van der Waals surface area contributed by atoms with Gasteiger partial charge in [0.05, 0.1) is 0 Å². The van der Waals surface area contributed by atoms with Crippen molar-refractivity contribution in [1.82, 2.24) is 15.2 Å². The van der Waals surface area contributed by atoms with Crippen LogP contribution in [0.3, 0.4) is 0 Å². The van der Waals surface area contributed by atoms with E-state index >= 15 is 0 Å². The summed E-state index contributed by atoms with van der Waals surface area (Å²) in [5, 5.41) is 3.25. The van der Waals surface area contributed by atoms with Gasteiger partial charge in [-0.1, -0.05) is 18.0 Å². The zero-order valence-electron chi connectivity index (χ0n) is 10.3. The van der Waals surface area contributed by atoms with Crippen LogP contribution in [0.5, 0.6) is 0 Å². The number of rotatable bonds is 5. The monoisotopic (exact) mass is 273 g/mol. The first-order valence-corrected chi connectivity index (χ1v) is 7.48. The highest BCUT2D eigenvalue weighted by atomic mass is 35.5. The minimum Gasteiger partial charge on any atom is -0.320 e. The molecule has 5 heteroatoms. The normalized spacial score (nSPS) is 21.9. The Labute approximate surface area is 112 Å². The van der Waals surface area contributed by atoms with E-state index in [1.807, 2.05) is 13.2 Å². The molecule has 1 fully saturated rings. The van der Waals surface area contributed by atoms with E-state index < -0.39 is 0 Å². The molecule has 1 N–H and O–H groups in total. The van der Waals surface area contributed by atoms with Crippen molar-refractivity contribution in [2.45, 2.75) is 38.3 Å². The van der Waals surface area contributed by atoms with Crippen molar-refractivity contribution in [3.05, 3.63) is 15.5 Å². The van der Waals surface area contributed by atoms with Gasteiger partial charge in [0.1, 0.15) is 0 Å². The Bertz CT molecular complexity index is 342. The Morgan fingerprint density at radius 3 is 3.18 bits per heavy atom. The lowest BCUT2D eigenvalue weighted by Crippen LogP contribution is -2.40. The van der Waals surface area contributed by atoms with Crippen LogP contribution in [0.2, 0.25) is 4.47 Å². The minimum absolute atomic E-state index is 0.656. The number of piperidine rings is 1. The van der Waals surface area contributed by atoms with Gasteiger partial charge in [0.2, 0.25) is 0 Å². The summed E-state index contributed by atoms with van der Waals surface area (Å²) in [5.41, 5.74) is 0. The first kappa shape index (κ1) is 13.3. The summed E-state index contributed by atoms with van der Waals surface area (Å²) < 4.78 is 0.656. The van der Waals surface area contributed by atoms with Gasteiger partial charge in [-0.05, 0) is 39.4 Å². The van der Waals surface area contributed by atoms with Crippen molar-refractivity contribution < 1.29 is 0 Å². The van der Waals surface area contributed by atoms with Crippen LogP contribution in [-0.2, 0) is 6.54 Å². The second-order valence-corrected chi connectivity index (χ2v) is 6.29. The zero-order valence-corrected chi connectivity index (χ0v) is 11.9. The highest BCUT2D eigenvalue weighted by Gasteiger charge is 2.22. The Hall–Kier alpha value is -0.160. The number of hydrogen-bond donors (Lipinski definition) is 1. The first-order chi connectivity index (χ1) is 8.29. The lowest BCUT2D eigenvalue weighted by atomic mass is 9.99. The molecule has 0 saturated carbocycles. The number of thiazole rings is 1. The Morgan fingerprint density at radius 2 is 2.47 bits per heavy atom. The first-order valence-electron chi connectivity index (χ1n) is 6.28. The molecule has 1 aromatic heterocycles. The third kappa shape index (κ3) is 3.91. The average Bonchev–Trinajstić information content (AvgIpc) is 2.74. The maximum Gasteiger partial charge on any atom is 0.183 e. The summed E-state index contributed by atoms with van der Waals surface area (Å²) in [5.74, 6) is 0. The molecule has 1 aliphatic rings. The van der Waals surface area contributed by atoms with Gasteiger partial charge in [0.25, 0.3) is 0 Å². The molecule has 0 bridgehead atoms. The van der Waals surface area contributed by atoms with Gasteiger partial charge < -0.3 is 5.32 Å². The van der Waals surface area contributed by atoms with Crippen LogP contribution in [0.25, 0.3) is 0 Å². The summed E-state index contributed by atoms with van der Waals surface area (Å²) in [6, 6.07) is 0.720. The van der Waals surface area contributed by atoms with Crippen molar-refractivity contribution in [1.29, 1.82) is 0 Å². The van der Waals surface area contributed by atoms with E-state index in [4.69, 9.17) is 11.6 Å². The standard InChI is InChI=1S/C12H20ClN3S/c1-14-6-5-10-4-2-3-7-16(10)9-11-8-15-12(13)17-11/h8,10,14H,2-7,9H2,1H3. The molecule has 0 spiro atoms. The van der Waals surface area contributed by atoms with E-state index in [9.17, 15) is 0 Å². The van der Waals surface area contributed by atoms with E-state index in [-0.39, 0.29) is 0 Å². The number of nitrogens with zero attached hydrogens (tertiary/aromatic N) is 2. The zero-order chi connectivity index (χ0) is 12.1. The van der Waals surface area contributed by atoms with Crippen LogP contribution in [0.4, 0.5) is 0 Å². The van der Waals surface area contributed by atoms with E-state index in [1.165, 1.54) is 37.1 Å². The SMILES string of the molecule is CNCCC1CCCCN1Cc1cnc(Cl)s1. The minimum atomic E-state index is 0.656. The fraction of sp³-hybridized carbons (Fsp3) is 0.750. The van der Waals surface area contributed by atoms with E-state index in [0.29, 0.717) is 4.47 Å². The second kappa shape index (κ2) is 6.69. The predicted octanol–water partition coefficient (Wildman–Crippen LogP) is 2.76. The highest BCUT2D eigenvalue weighted by molar-refractivity contribution is 7.15. The fourth-order valence-electron chi connectivity index (χ4n) is 2.46. The molecule has 0 aliphatic carbocycles. The molecule has 1 aliphatic heterocycles. The summed E-state index contributed by atoms with van der Waals surface area (Å²) in [4.78, 5) is 7.99. The van der Waals surface area contributed by atoms with E-state index in [0.717, 1.165) is 19.1 Å². The number of nitrogens with one attached hydrogen (secondary N) is 1. The number of hydrogen-bond acceptors (Lipinski definition) is 4. The molecule has 17 heavy (non-hydrogen) atoms. The van der Waals surface area contributed by atoms with Gasteiger partial charge in [-0.15, -0.1) is 11.3 Å². The number of halogens is 1. The van der Waals surface area contributed by atoms with Gasteiger partial charge >= 0.3 is 0 Å². The van der Waals surface area contributed by atoms with Crippen molar-refractivity contribution in [3.8, 4) is 0 Å². The summed E-state index contributed by atoms with van der Waals surface area (Å²) in [6.45, 7) is 3.33. The molecule has 1 saturated heterocycles. The van der Waals surface area contributed by atoms with Gasteiger partial charge in [-0.25, -0.2) is 4.98 Å². The van der Waals surface area contributed by atoms with Gasteiger partial charge in [0, 0.05) is 23.7 Å². The predicted molar refractivity (Wildman–Crippen MR) is 73.7 cm³/mol. The maximum absolute atomic E-state index is 5.88. The molecule has 0 aromatic carbocycles. The second-order valence-electron chi connectivity index (χ2n) is 4.59. The molecular formula is C12H20ClN3S. The lowest BCUT2D eigenvalue weighted by molar-refractivity contribution is 0.133. The third-order valence-corrected chi connectivity index (χ3v) is 4.46. The quantitative estimate of drug-likeness (QED) is 0.894. The van der Waals surface area contributed by atoms with Crippen LogP contribution in [0.1, 0.15) is 30.6 Å². The summed E-state index contributed by atoms with van der Waals surface area (Å²) in [7, 11) is 2.02. The van der Waals surface area contributed by atoms with Crippen molar-refractivity contribution in [3.63, 3.8) is 0 Å². The van der Waals surface area contributed by atoms with Crippen LogP contribution in [0, 0.1) is 0 Å². The number of aromatic nitrogens is 1. The van der Waals surface area contributed by atoms with Crippen molar-refractivity contribution in [2.24, 2.45) is 0 Å². The molecule has 96 valence electrons. The molecule has 1 aromatic rings. The van der Waals surface area contributed by atoms with Crippen molar-refractivity contribution >= 4 is 22.9 Å². The Balaban J connectivity index is 1.91. The smallest absolute Gasteiger partial charge is 0.183 e. The van der Waals surface area contributed by atoms with Gasteiger partial charge in [0.15, 0.2) is 4.47 Å². The van der Waals surface area contributed by atoms with Crippen LogP contribution in [-0.4, -0.2) is 36.1 Å². The van der Waals surface area contributed by atoms with Crippen LogP contribution >= 0.6 is 22.9 Å². The third-order valence-electron chi connectivity index (χ3n) is 3.36. The molecular weight excluding hydrogens is 254 g/mol. The average molecular weight is 274 g/mol. The van der Waals surface area contributed by atoms with Gasteiger partial charge in [-0.2, -0.15) is 0 Å². The van der Waals surface area contributed by atoms with E-state index in [2.05, 4.69) is 15.2 Å². The molecule has 3 nitrogen and oxygen atoms in total. The van der Waals surface area contributed by atoms with Crippen LogP contribution < -0.4 is 5.32 Å². The largest absolute Gasteiger partial charge is 0.320 e. The Morgan fingerprint density at radius 1 is 1.59 bits per heavy atom. The molecule has 2 heterocycles. The molecule has 2 rings (SSSR count). The summed E-state index contributed by atoms with van der Waals surface area (Å²) >= 11 is 7.48. The summed E-state index contributed by atoms with van der Waals surface area (Å²) in [6.07, 6.45) is 7.17. The molecule has 0 radical (unpaired) electrons. The number of likely N-dealkylation sites (tertiary alicyclic amines) is 1. The molecule has 1 atom stereocenters. The molecule has 0 amide bonds. The topological polar surface area (TPSA) is 28.2 Å². The fourth-order valence-corrected chi connectivity index (χ4v) is 3.47. The highest BCUT2D eigenvalue weighted by Crippen LogP contribution is 2.25. The van der Waals surface area contributed by atoms with E-state index in [1.54, 1.807) is 11.3 Å². The van der Waals surface area contributed by atoms with Crippen LogP contribution in [0.15, 0.2) is 6.20 Å².